The molecule has 0 aromatic carbocycles. The number of hydrogen-bond donors (Lipinski definition) is 2. The molecule has 5 nitrogen and oxygen atoms in total. The molecule has 2 aliphatic carbocycles. The summed E-state index contributed by atoms with van der Waals surface area (Å²) < 4.78 is 5.31. The van der Waals surface area contributed by atoms with E-state index >= 15 is 0 Å². The van der Waals surface area contributed by atoms with Gasteiger partial charge in [-0.05, 0) is 37.5 Å². The first-order valence-electron chi connectivity index (χ1n) is 7.67. The molecule has 1 amide bonds. The number of aliphatic carboxylic acids is 1. The Morgan fingerprint density at radius 3 is 2.40 bits per heavy atom. The van der Waals surface area contributed by atoms with Gasteiger partial charge in [0.05, 0.1) is 12.0 Å². The largest absolute Gasteiger partial charge is 0.481 e. The molecular formula is C15H23NO4. The number of hydrogen-bond acceptors (Lipinski definition) is 3. The summed E-state index contributed by atoms with van der Waals surface area (Å²) in [6, 6.07) is 0. The van der Waals surface area contributed by atoms with Gasteiger partial charge < -0.3 is 15.2 Å². The van der Waals surface area contributed by atoms with E-state index in [0.29, 0.717) is 26.1 Å². The maximum Gasteiger partial charge on any atom is 0.305 e. The quantitative estimate of drug-likeness (QED) is 0.822. The van der Waals surface area contributed by atoms with Crippen molar-refractivity contribution in [1.29, 1.82) is 0 Å². The van der Waals surface area contributed by atoms with E-state index in [1.807, 2.05) is 0 Å². The van der Waals surface area contributed by atoms with Crippen molar-refractivity contribution in [2.75, 3.05) is 13.2 Å². The van der Waals surface area contributed by atoms with Crippen molar-refractivity contribution in [3.63, 3.8) is 0 Å². The molecule has 0 bridgehead atoms. The molecule has 112 valence electrons. The minimum atomic E-state index is -0.849. The van der Waals surface area contributed by atoms with Crippen LogP contribution in [-0.4, -0.2) is 35.7 Å². The molecular weight excluding hydrogens is 258 g/mol. The molecule has 1 saturated heterocycles. The predicted molar refractivity (Wildman–Crippen MR) is 72.2 cm³/mol. The molecule has 0 radical (unpaired) electrons. The van der Waals surface area contributed by atoms with Gasteiger partial charge in [-0.3, -0.25) is 9.59 Å². The monoisotopic (exact) mass is 281 g/mol. The normalized spacial score (nSPS) is 30.1. The van der Waals surface area contributed by atoms with Gasteiger partial charge in [-0.25, -0.2) is 0 Å². The standard InChI is InChI=1S/C15H23NO4/c17-12(18)10-15(5-7-20-8-6-15)16-13(19)11-9-14(11)3-1-2-4-14/h11H,1-10H2,(H,16,19)(H,17,18). The van der Waals surface area contributed by atoms with Crippen LogP contribution in [0.15, 0.2) is 0 Å². The number of nitrogens with one attached hydrogen (secondary N) is 1. The van der Waals surface area contributed by atoms with Gasteiger partial charge in [-0.15, -0.1) is 0 Å². The molecule has 0 aromatic rings. The van der Waals surface area contributed by atoms with Gasteiger partial charge in [-0.1, -0.05) is 12.8 Å². The Balaban J connectivity index is 1.64. The second kappa shape index (κ2) is 5.02. The van der Waals surface area contributed by atoms with Crippen molar-refractivity contribution in [1.82, 2.24) is 5.32 Å². The number of carboxylic acid groups (broad SMARTS) is 1. The smallest absolute Gasteiger partial charge is 0.305 e. The fourth-order valence-corrected chi connectivity index (χ4v) is 4.10. The van der Waals surface area contributed by atoms with E-state index in [1.165, 1.54) is 25.7 Å². The molecule has 2 N–H and O–H groups in total. The van der Waals surface area contributed by atoms with Gasteiger partial charge in [0.25, 0.3) is 0 Å². The molecule has 5 heteroatoms. The lowest BCUT2D eigenvalue weighted by atomic mass is 9.86. The van der Waals surface area contributed by atoms with E-state index in [1.54, 1.807) is 0 Å². The van der Waals surface area contributed by atoms with Crippen LogP contribution >= 0.6 is 0 Å². The highest BCUT2D eigenvalue weighted by molar-refractivity contribution is 5.84. The summed E-state index contributed by atoms with van der Waals surface area (Å²) >= 11 is 0. The van der Waals surface area contributed by atoms with E-state index in [4.69, 9.17) is 9.84 Å². The topological polar surface area (TPSA) is 75.6 Å². The van der Waals surface area contributed by atoms with Gasteiger partial charge in [-0.2, -0.15) is 0 Å². The minimum Gasteiger partial charge on any atom is -0.481 e. The molecule has 3 aliphatic rings. The van der Waals surface area contributed by atoms with Crippen LogP contribution < -0.4 is 5.32 Å². The Morgan fingerprint density at radius 1 is 1.15 bits per heavy atom. The molecule has 1 spiro atoms. The third kappa shape index (κ3) is 2.55. The van der Waals surface area contributed by atoms with Crippen molar-refractivity contribution < 1.29 is 19.4 Å². The highest BCUT2D eigenvalue weighted by Crippen LogP contribution is 2.62. The van der Waals surface area contributed by atoms with Gasteiger partial charge >= 0.3 is 5.97 Å². The average Bonchev–Trinajstić information content (AvgIpc) is 2.88. The first-order valence-corrected chi connectivity index (χ1v) is 7.67. The van der Waals surface area contributed by atoms with Crippen molar-refractivity contribution >= 4 is 11.9 Å². The number of carbonyl (C=O) groups excluding carboxylic acids is 1. The summed E-state index contributed by atoms with van der Waals surface area (Å²) in [6.07, 6.45) is 7.01. The Morgan fingerprint density at radius 2 is 1.80 bits per heavy atom. The van der Waals surface area contributed by atoms with E-state index in [-0.39, 0.29) is 23.7 Å². The van der Waals surface area contributed by atoms with Gasteiger partial charge in [0, 0.05) is 19.1 Å². The number of amides is 1. The SMILES string of the molecule is O=C(O)CC1(NC(=O)C2CC23CCCC3)CCOCC1. The van der Waals surface area contributed by atoms with E-state index in [0.717, 1.165) is 6.42 Å². The lowest BCUT2D eigenvalue weighted by molar-refractivity contribution is -0.140. The molecule has 2 saturated carbocycles. The van der Waals surface area contributed by atoms with Crippen LogP contribution in [0.25, 0.3) is 0 Å². The maximum absolute atomic E-state index is 12.5. The number of carbonyl (C=O) groups is 2. The van der Waals surface area contributed by atoms with Gasteiger partial charge in [0.1, 0.15) is 0 Å². The lowest BCUT2D eigenvalue weighted by Crippen LogP contribution is -2.54. The molecule has 1 heterocycles. The molecule has 1 aliphatic heterocycles. The van der Waals surface area contributed by atoms with Crippen LogP contribution in [-0.2, 0) is 14.3 Å². The Kier molecular flexibility index (Phi) is 3.48. The number of ether oxygens (including phenoxy) is 1. The minimum absolute atomic E-state index is 0.00181. The molecule has 1 atom stereocenters. The second-order valence-corrected chi connectivity index (χ2v) is 6.78. The molecule has 0 aromatic heterocycles. The van der Waals surface area contributed by atoms with E-state index < -0.39 is 11.5 Å². The van der Waals surface area contributed by atoms with E-state index in [2.05, 4.69) is 5.32 Å². The second-order valence-electron chi connectivity index (χ2n) is 6.78. The maximum atomic E-state index is 12.5. The highest BCUT2D eigenvalue weighted by Gasteiger charge is 2.59. The number of carboxylic acids is 1. The summed E-state index contributed by atoms with van der Waals surface area (Å²) in [6.45, 7) is 1.06. The fourth-order valence-electron chi connectivity index (χ4n) is 4.10. The van der Waals surface area contributed by atoms with Gasteiger partial charge in [0.15, 0.2) is 0 Å². The zero-order valence-electron chi connectivity index (χ0n) is 11.8. The molecule has 3 fully saturated rings. The third-order valence-corrected chi connectivity index (χ3v) is 5.43. The Bertz CT molecular complexity index is 408. The van der Waals surface area contributed by atoms with Crippen LogP contribution in [0.2, 0.25) is 0 Å². The lowest BCUT2D eigenvalue weighted by Gasteiger charge is -2.37. The summed E-state index contributed by atoms with van der Waals surface area (Å²) in [5, 5.41) is 12.2. The zero-order valence-corrected chi connectivity index (χ0v) is 11.8. The molecule has 20 heavy (non-hydrogen) atoms. The van der Waals surface area contributed by atoms with Crippen LogP contribution in [0.5, 0.6) is 0 Å². The summed E-state index contributed by atoms with van der Waals surface area (Å²) in [4.78, 5) is 23.6. The molecule has 1 unspecified atom stereocenters. The average molecular weight is 281 g/mol. The number of rotatable bonds is 4. The summed E-state index contributed by atoms with van der Waals surface area (Å²) in [7, 11) is 0. The fraction of sp³-hybridized carbons (Fsp3) is 0.867. The first-order chi connectivity index (χ1) is 9.55. The van der Waals surface area contributed by atoms with E-state index in [9.17, 15) is 9.59 Å². The van der Waals surface area contributed by atoms with Crippen molar-refractivity contribution in [3.8, 4) is 0 Å². The van der Waals surface area contributed by atoms with Crippen molar-refractivity contribution in [2.45, 2.75) is 56.9 Å². The van der Waals surface area contributed by atoms with Crippen molar-refractivity contribution in [3.05, 3.63) is 0 Å². The first kappa shape index (κ1) is 13.9. The van der Waals surface area contributed by atoms with Crippen LogP contribution in [0, 0.1) is 11.3 Å². The molecule has 3 rings (SSSR count). The van der Waals surface area contributed by atoms with Gasteiger partial charge in [0.2, 0.25) is 5.91 Å². The van der Waals surface area contributed by atoms with Crippen LogP contribution in [0.3, 0.4) is 0 Å². The predicted octanol–water partition coefficient (Wildman–Crippen LogP) is 1.71. The Hall–Kier alpha value is -1.10. The zero-order chi connectivity index (χ0) is 14.2. The highest BCUT2D eigenvalue weighted by atomic mass is 16.5. The van der Waals surface area contributed by atoms with Crippen LogP contribution in [0.4, 0.5) is 0 Å². The summed E-state index contributed by atoms with van der Waals surface area (Å²) in [5.41, 5.74) is -0.330. The Labute approximate surface area is 119 Å². The third-order valence-electron chi connectivity index (χ3n) is 5.43. The van der Waals surface area contributed by atoms with Crippen molar-refractivity contribution in [2.24, 2.45) is 11.3 Å². The van der Waals surface area contributed by atoms with Crippen LogP contribution in [0.1, 0.15) is 51.4 Å². The summed E-state index contributed by atoms with van der Waals surface area (Å²) in [5.74, 6) is -0.646.